The van der Waals surface area contributed by atoms with Gasteiger partial charge in [0, 0.05) is 6.42 Å². The van der Waals surface area contributed by atoms with Crippen LogP contribution in [0.25, 0.3) is 0 Å². The standard InChI is InChI=1S/C17H19NO4/c19-13-11-17(9-5-2-6-10-17)16(22)18(13)14(15(20)21)12-7-3-1-4-8-12/h1,3-4,7-8,14H,2,5-6,9-11H2,(H,20,21)/t14-/m1/s1. The van der Waals surface area contributed by atoms with Crippen LogP contribution in [0.3, 0.4) is 0 Å². The Morgan fingerprint density at radius 2 is 1.73 bits per heavy atom. The average molecular weight is 301 g/mol. The number of hydrogen-bond acceptors (Lipinski definition) is 3. The summed E-state index contributed by atoms with van der Waals surface area (Å²) in [6.07, 6.45) is 4.46. The third kappa shape index (κ3) is 2.30. The lowest BCUT2D eigenvalue weighted by molar-refractivity contribution is -0.156. The minimum atomic E-state index is -1.22. The summed E-state index contributed by atoms with van der Waals surface area (Å²) in [7, 11) is 0. The van der Waals surface area contributed by atoms with E-state index in [0.717, 1.165) is 24.2 Å². The number of carboxylic acid groups (broad SMARTS) is 1. The number of benzene rings is 1. The number of amides is 2. The molecule has 116 valence electrons. The number of carbonyl (C=O) groups is 3. The van der Waals surface area contributed by atoms with Crippen molar-refractivity contribution in [3.8, 4) is 0 Å². The van der Waals surface area contributed by atoms with Gasteiger partial charge in [-0.2, -0.15) is 0 Å². The van der Waals surface area contributed by atoms with Crippen LogP contribution in [0.4, 0.5) is 0 Å². The Kier molecular flexibility index (Phi) is 3.72. The molecule has 0 unspecified atom stereocenters. The van der Waals surface area contributed by atoms with Crippen LogP contribution >= 0.6 is 0 Å². The van der Waals surface area contributed by atoms with Gasteiger partial charge in [-0.1, -0.05) is 49.6 Å². The largest absolute Gasteiger partial charge is 0.479 e. The first-order valence-electron chi connectivity index (χ1n) is 7.69. The molecule has 22 heavy (non-hydrogen) atoms. The third-order valence-corrected chi connectivity index (χ3v) is 4.85. The predicted octanol–water partition coefficient (Wildman–Crippen LogP) is 2.52. The third-order valence-electron chi connectivity index (χ3n) is 4.85. The fourth-order valence-corrected chi connectivity index (χ4v) is 3.74. The van der Waals surface area contributed by atoms with Crippen molar-refractivity contribution >= 4 is 17.8 Å². The topological polar surface area (TPSA) is 74.7 Å². The molecular weight excluding hydrogens is 282 g/mol. The summed E-state index contributed by atoms with van der Waals surface area (Å²) in [4.78, 5) is 38.0. The summed E-state index contributed by atoms with van der Waals surface area (Å²) in [5, 5.41) is 9.56. The molecule has 0 aromatic heterocycles. The van der Waals surface area contributed by atoms with Crippen LogP contribution in [0.15, 0.2) is 30.3 Å². The lowest BCUT2D eigenvalue weighted by Crippen LogP contribution is -2.42. The van der Waals surface area contributed by atoms with Crippen molar-refractivity contribution in [1.29, 1.82) is 0 Å². The van der Waals surface area contributed by atoms with Crippen LogP contribution in [0.5, 0.6) is 0 Å². The van der Waals surface area contributed by atoms with E-state index in [4.69, 9.17) is 0 Å². The van der Waals surface area contributed by atoms with E-state index in [2.05, 4.69) is 0 Å². The second kappa shape index (κ2) is 5.55. The van der Waals surface area contributed by atoms with E-state index in [9.17, 15) is 19.5 Å². The molecule has 1 N–H and O–H groups in total. The Hall–Kier alpha value is -2.17. The van der Waals surface area contributed by atoms with Gasteiger partial charge in [0.25, 0.3) is 0 Å². The zero-order valence-corrected chi connectivity index (χ0v) is 12.3. The van der Waals surface area contributed by atoms with Crippen molar-refractivity contribution < 1.29 is 19.5 Å². The van der Waals surface area contributed by atoms with Gasteiger partial charge in [0.15, 0.2) is 6.04 Å². The molecule has 1 aromatic carbocycles. The molecule has 3 rings (SSSR count). The summed E-state index contributed by atoms with van der Waals surface area (Å²) in [6.45, 7) is 0. The predicted molar refractivity (Wildman–Crippen MR) is 78.8 cm³/mol. The van der Waals surface area contributed by atoms with E-state index < -0.39 is 17.4 Å². The summed E-state index contributed by atoms with van der Waals surface area (Å²) < 4.78 is 0. The number of likely N-dealkylation sites (tertiary alicyclic amines) is 1. The van der Waals surface area contributed by atoms with Gasteiger partial charge in [-0.25, -0.2) is 4.79 Å². The quantitative estimate of drug-likeness (QED) is 0.871. The number of carbonyl (C=O) groups excluding carboxylic acids is 2. The fourth-order valence-electron chi connectivity index (χ4n) is 3.74. The maximum absolute atomic E-state index is 12.9. The molecule has 2 aliphatic rings. The molecule has 1 heterocycles. The van der Waals surface area contributed by atoms with Gasteiger partial charge >= 0.3 is 5.97 Å². The van der Waals surface area contributed by atoms with Gasteiger partial charge in [-0.3, -0.25) is 14.5 Å². The van der Waals surface area contributed by atoms with Gasteiger partial charge in [-0.15, -0.1) is 0 Å². The first-order chi connectivity index (χ1) is 10.6. The number of imide groups is 1. The minimum Gasteiger partial charge on any atom is -0.479 e. The molecule has 1 aromatic rings. The van der Waals surface area contributed by atoms with Gasteiger partial charge in [0.1, 0.15) is 0 Å². The van der Waals surface area contributed by atoms with Gasteiger partial charge in [0.2, 0.25) is 11.8 Å². The number of aliphatic carboxylic acids is 1. The highest BCUT2D eigenvalue weighted by Gasteiger charge is 2.54. The molecule has 2 fully saturated rings. The monoisotopic (exact) mass is 301 g/mol. The number of rotatable bonds is 3. The second-order valence-electron chi connectivity index (χ2n) is 6.24. The van der Waals surface area contributed by atoms with Crippen LogP contribution in [-0.2, 0) is 14.4 Å². The fraction of sp³-hybridized carbons (Fsp3) is 0.471. The molecule has 5 nitrogen and oxygen atoms in total. The molecule has 1 saturated heterocycles. The molecule has 1 saturated carbocycles. The number of carboxylic acids is 1. The molecular formula is C17H19NO4. The van der Waals surface area contributed by atoms with E-state index in [-0.39, 0.29) is 18.2 Å². The van der Waals surface area contributed by atoms with E-state index in [1.54, 1.807) is 30.3 Å². The number of nitrogens with zero attached hydrogens (tertiary/aromatic N) is 1. The van der Waals surface area contributed by atoms with E-state index in [0.29, 0.717) is 18.4 Å². The van der Waals surface area contributed by atoms with Crippen molar-refractivity contribution in [3.05, 3.63) is 35.9 Å². The highest BCUT2D eigenvalue weighted by molar-refractivity contribution is 6.08. The van der Waals surface area contributed by atoms with Crippen LogP contribution < -0.4 is 0 Å². The molecule has 5 heteroatoms. The molecule has 1 atom stereocenters. The zero-order valence-electron chi connectivity index (χ0n) is 12.3. The SMILES string of the molecule is O=C(O)[C@@H](c1ccccc1)N1C(=O)CC2(CCCCC2)C1=O. The summed E-state index contributed by atoms with van der Waals surface area (Å²) >= 11 is 0. The van der Waals surface area contributed by atoms with Crippen molar-refractivity contribution in [1.82, 2.24) is 4.90 Å². The van der Waals surface area contributed by atoms with Crippen molar-refractivity contribution in [2.75, 3.05) is 0 Å². The van der Waals surface area contributed by atoms with Crippen LogP contribution in [0.2, 0.25) is 0 Å². The van der Waals surface area contributed by atoms with Crippen LogP contribution in [0.1, 0.15) is 50.1 Å². The molecule has 1 aliphatic heterocycles. The Morgan fingerprint density at radius 1 is 1.09 bits per heavy atom. The maximum Gasteiger partial charge on any atom is 0.331 e. The summed E-state index contributed by atoms with van der Waals surface area (Å²) in [6, 6.07) is 7.27. The Bertz CT molecular complexity index is 604. The lowest BCUT2D eigenvalue weighted by atomic mass is 9.73. The molecule has 1 aliphatic carbocycles. The maximum atomic E-state index is 12.9. The first kappa shape index (κ1) is 14.8. The molecule has 0 bridgehead atoms. The highest BCUT2D eigenvalue weighted by atomic mass is 16.4. The van der Waals surface area contributed by atoms with Crippen LogP contribution in [0, 0.1) is 5.41 Å². The highest BCUT2D eigenvalue weighted by Crippen LogP contribution is 2.47. The van der Waals surface area contributed by atoms with Gasteiger partial charge in [0.05, 0.1) is 5.41 Å². The van der Waals surface area contributed by atoms with E-state index >= 15 is 0 Å². The van der Waals surface area contributed by atoms with Gasteiger partial charge < -0.3 is 5.11 Å². The Balaban J connectivity index is 1.97. The molecule has 2 amide bonds. The number of hydrogen-bond donors (Lipinski definition) is 1. The van der Waals surface area contributed by atoms with E-state index in [1.165, 1.54) is 0 Å². The normalized spacial score (nSPS) is 22.1. The smallest absolute Gasteiger partial charge is 0.331 e. The second-order valence-corrected chi connectivity index (χ2v) is 6.24. The zero-order chi connectivity index (χ0) is 15.7. The Morgan fingerprint density at radius 3 is 2.32 bits per heavy atom. The Labute approximate surface area is 128 Å². The van der Waals surface area contributed by atoms with Gasteiger partial charge in [-0.05, 0) is 18.4 Å². The molecule has 0 radical (unpaired) electrons. The summed E-state index contributed by atoms with van der Waals surface area (Å²) in [5.41, 5.74) is -0.192. The van der Waals surface area contributed by atoms with E-state index in [1.807, 2.05) is 0 Å². The minimum absolute atomic E-state index is 0.155. The summed E-state index contributed by atoms with van der Waals surface area (Å²) in [5.74, 6) is -1.82. The van der Waals surface area contributed by atoms with Crippen molar-refractivity contribution in [3.63, 3.8) is 0 Å². The molecule has 1 spiro atoms. The lowest BCUT2D eigenvalue weighted by Gasteiger charge is -2.31. The van der Waals surface area contributed by atoms with Crippen molar-refractivity contribution in [2.24, 2.45) is 5.41 Å². The first-order valence-corrected chi connectivity index (χ1v) is 7.69. The van der Waals surface area contributed by atoms with Crippen molar-refractivity contribution in [2.45, 2.75) is 44.6 Å². The average Bonchev–Trinajstić information content (AvgIpc) is 2.74. The van der Waals surface area contributed by atoms with Crippen LogP contribution in [-0.4, -0.2) is 27.8 Å².